The summed E-state index contributed by atoms with van der Waals surface area (Å²) in [5.41, 5.74) is 2.59. The van der Waals surface area contributed by atoms with E-state index in [4.69, 9.17) is 11.6 Å². The summed E-state index contributed by atoms with van der Waals surface area (Å²) in [6, 6.07) is 15.6. The lowest BCUT2D eigenvalue weighted by Crippen LogP contribution is -2.42. The molecule has 0 radical (unpaired) electrons. The molecule has 3 heteroatoms. The molecule has 0 bridgehead atoms. The van der Waals surface area contributed by atoms with Gasteiger partial charge in [-0.1, -0.05) is 41.9 Å². The first-order valence-corrected chi connectivity index (χ1v) is 7.97. The van der Waals surface area contributed by atoms with Crippen molar-refractivity contribution in [3.05, 3.63) is 59.1 Å². The number of nitrogens with zero attached hydrogens (tertiary/aromatic N) is 1. The minimum Gasteiger partial charge on any atom is -0.334 e. The Hall–Kier alpha value is -1.80. The smallest absolute Gasteiger partial charge is 0.254 e. The van der Waals surface area contributed by atoms with E-state index in [1.165, 1.54) is 0 Å². The third kappa shape index (κ3) is 3.50. The average Bonchev–Trinajstić information content (AvgIpc) is 2.46. The first kappa shape index (κ1) is 16.6. The van der Waals surface area contributed by atoms with Gasteiger partial charge in [-0.25, -0.2) is 0 Å². The van der Waals surface area contributed by atoms with Crippen LogP contribution in [0, 0.1) is 0 Å². The van der Waals surface area contributed by atoms with Gasteiger partial charge in [-0.05, 0) is 57.0 Å². The molecule has 22 heavy (non-hydrogen) atoms. The van der Waals surface area contributed by atoms with Crippen molar-refractivity contribution in [2.24, 2.45) is 0 Å². The van der Waals surface area contributed by atoms with Gasteiger partial charge in [0.1, 0.15) is 0 Å². The van der Waals surface area contributed by atoms with Crippen LogP contribution in [0.25, 0.3) is 11.1 Å². The van der Waals surface area contributed by atoms with Crippen LogP contribution in [0.2, 0.25) is 5.02 Å². The summed E-state index contributed by atoms with van der Waals surface area (Å²) in [5.74, 6) is 0.0561. The predicted molar refractivity (Wildman–Crippen MR) is 93.3 cm³/mol. The molecule has 2 aromatic rings. The highest BCUT2D eigenvalue weighted by atomic mass is 35.5. The fourth-order valence-electron chi connectivity index (χ4n) is 2.78. The molecule has 1 amide bonds. The van der Waals surface area contributed by atoms with Crippen molar-refractivity contribution in [3.63, 3.8) is 0 Å². The van der Waals surface area contributed by atoms with Crippen LogP contribution in [-0.4, -0.2) is 22.9 Å². The molecule has 0 saturated heterocycles. The van der Waals surface area contributed by atoms with Crippen LogP contribution in [0.1, 0.15) is 38.1 Å². The Labute approximate surface area is 137 Å². The van der Waals surface area contributed by atoms with Crippen molar-refractivity contribution in [1.82, 2.24) is 4.90 Å². The molecule has 0 fully saturated rings. The van der Waals surface area contributed by atoms with Gasteiger partial charge in [-0.2, -0.15) is 0 Å². The van der Waals surface area contributed by atoms with Crippen LogP contribution in [-0.2, 0) is 0 Å². The van der Waals surface area contributed by atoms with E-state index >= 15 is 0 Å². The molecule has 2 rings (SSSR count). The maximum atomic E-state index is 13.0. The van der Waals surface area contributed by atoms with Gasteiger partial charge in [0.25, 0.3) is 5.91 Å². The summed E-state index contributed by atoms with van der Waals surface area (Å²) in [6.45, 7) is 8.17. The predicted octanol–water partition coefficient (Wildman–Crippen LogP) is 5.27. The Morgan fingerprint density at radius 1 is 0.955 bits per heavy atom. The first-order valence-electron chi connectivity index (χ1n) is 7.59. The van der Waals surface area contributed by atoms with E-state index in [0.717, 1.165) is 11.1 Å². The quantitative estimate of drug-likeness (QED) is 0.753. The third-order valence-electron chi connectivity index (χ3n) is 3.64. The number of hydrogen-bond donors (Lipinski definition) is 0. The van der Waals surface area contributed by atoms with Crippen molar-refractivity contribution in [3.8, 4) is 11.1 Å². The standard InChI is InChI=1S/C19H22ClNO/c1-13(2)21(14(3)4)19(22)18-11-6-5-10-17(18)15-8-7-9-16(20)12-15/h5-14H,1-4H3. The second-order valence-corrected chi connectivity index (χ2v) is 6.39. The molecular formula is C19H22ClNO. The van der Waals surface area contributed by atoms with Gasteiger partial charge in [-0.15, -0.1) is 0 Å². The number of carbonyl (C=O) groups is 1. The highest BCUT2D eigenvalue weighted by Gasteiger charge is 2.23. The Bertz CT molecular complexity index is 656. The minimum atomic E-state index is 0.0561. The van der Waals surface area contributed by atoms with Crippen molar-refractivity contribution >= 4 is 17.5 Å². The van der Waals surface area contributed by atoms with E-state index in [1.807, 2.05) is 81.1 Å². The highest BCUT2D eigenvalue weighted by Crippen LogP contribution is 2.27. The van der Waals surface area contributed by atoms with Crippen LogP contribution < -0.4 is 0 Å². The van der Waals surface area contributed by atoms with E-state index in [1.54, 1.807) is 0 Å². The molecule has 0 aliphatic heterocycles. The lowest BCUT2D eigenvalue weighted by Gasteiger charge is -2.31. The maximum Gasteiger partial charge on any atom is 0.254 e. The van der Waals surface area contributed by atoms with Gasteiger partial charge in [0.15, 0.2) is 0 Å². The fourth-order valence-corrected chi connectivity index (χ4v) is 2.97. The van der Waals surface area contributed by atoms with Crippen molar-refractivity contribution in [1.29, 1.82) is 0 Å². The van der Waals surface area contributed by atoms with Gasteiger partial charge < -0.3 is 4.90 Å². The van der Waals surface area contributed by atoms with E-state index in [9.17, 15) is 4.79 Å². The molecule has 0 atom stereocenters. The van der Waals surface area contributed by atoms with Crippen molar-refractivity contribution in [2.75, 3.05) is 0 Å². The van der Waals surface area contributed by atoms with E-state index in [0.29, 0.717) is 10.6 Å². The Morgan fingerprint density at radius 2 is 1.59 bits per heavy atom. The van der Waals surface area contributed by atoms with Gasteiger partial charge in [0.2, 0.25) is 0 Å². The maximum absolute atomic E-state index is 13.0. The molecule has 0 saturated carbocycles. The van der Waals surface area contributed by atoms with E-state index in [2.05, 4.69) is 0 Å². The summed E-state index contributed by atoms with van der Waals surface area (Å²) in [6.07, 6.45) is 0. The van der Waals surface area contributed by atoms with Gasteiger partial charge >= 0.3 is 0 Å². The molecule has 0 aromatic heterocycles. The molecule has 0 aliphatic carbocycles. The van der Waals surface area contributed by atoms with Crippen LogP contribution in [0.3, 0.4) is 0 Å². The van der Waals surface area contributed by atoms with E-state index in [-0.39, 0.29) is 18.0 Å². The monoisotopic (exact) mass is 315 g/mol. The summed E-state index contributed by atoms with van der Waals surface area (Å²) < 4.78 is 0. The van der Waals surface area contributed by atoms with Gasteiger partial charge in [0.05, 0.1) is 0 Å². The fraction of sp³-hybridized carbons (Fsp3) is 0.316. The second-order valence-electron chi connectivity index (χ2n) is 5.96. The lowest BCUT2D eigenvalue weighted by atomic mass is 9.98. The molecule has 116 valence electrons. The van der Waals surface area contributed by atoms with Crippen LogP contribution in [0.5, 0.6) is 0 Å². The van der Waals surface area contributed by atoms with Crippen molar-refractivity contribution in [2.45, 2.75) is 39.8 Å². The molecule has 0 unspecified atom stereocenters. The molecule has 2 nitrogen and oxygen atoms in total. The van der Waals surface area contributed by atoms with E-state index < -0.39 is 0 Å². The van der Waals surface area contributed by atoms with Crippen LogP contribution in [0.15, 0.2) is 48.5 Å². The number of halogens is 1. The summed E-state index contributed by atoms with van der Waals surface area (Å²) in [7, 11) is 0. The van der Waals surface area contributed by atoms with Gasteiger partial charge in [-0.3, -0.25) is 4.79 Å². The molecular weight excluding hydrogens is 294 g/mol. The second kappa shape index (κ2) is 6.97. The number of benzene rings is 2. The highest BCUT2D eigenvalue weighted by molar-refractivity contribution is 6.30. The zero-order chi connectivity index (χ0) is 16.3. The summed E-state index contributed by atoms with van der Waals surface area (Å²) in [4.78, 5) is 14.9. The molecule has 0 spiro atoms. The molecule has 0 aliphatic rings. The number of carbonyl (C=O) groups excluding carboxylic acids is 1. The Balaban J connectivity index is 2.51. The molecule has 2 aromatic carbocycles. The SMILES string of the molecule is CC(C)N(C(=O)c1ccccc1-c1cccc(Cl)c1)C(C)C. The zero-order valence-corrected chi connectivity index (χ0v) is 14.3. The van der Waals surface area contributed by atoms with Crippen LogP contribution in [0.4, 0.5) is 0 Å². The zero-order valence-electron chi connectivity index (χ0n) is 13.5. The normalized spacial score (nSPS) is 11.0. The Kier molecular flexibility index (Phi) is 5.25. The minimum absolute atomic E-state index is 0.0561. The van der Waals surface area contributed by atoms with Crippen molar-refractivity contribution < 1.29 is 4.79 Å². The topological polar surface area (TPSA) is 20.3 Å². The molecule has 0 N–H and O–H groups in total. The Morgan fingerprint density at radius 3 is 2.18 bits per heavy atom. The number of rotatable bonds is 4. The average molecular weight is 316 g/mol. The number of hydrogen-bond acceptors (Lipinski definition) is 1. The molecule has 0 heterocycles. The summed E-state index contributed by atoms with van der Waals surface area (Å²) in [5, 5.41) is 0.671. The summed E-state index contributed by atoms with van der Waals surface area (Å²) >= 11 is 6.09. The lowest BCUT2D eigenvalue weighted by molar-refractivity contribution is 0.0644. The van der Waals surface area contributed by atoms with Crippen LogP contribution >= 0.6 is 11.6 Å². The first-order chi connectivity index (χ1) is 10.4. The van der Waals surface area contributed by atoms with Gasteiger partial charge in [0, 0.05) is 22.7 Å². The number of amides is 1. The largest absolute Gasteiger partial charge is 0.334 e. The third-order valence-corrected chi connectivity index (χ3v) is 3.88.